The first-order valence-electron chi connectivity index (χ1n) is 8.08. The highest BCUT2D eigenvalue weighted by molar-refractivity contribution is 4.94. The van der Waals surface area contributed by atoms with E-state index in [-0.39, 0.29) is 0 Å². The first-order chi connectivity index (χ1) is 9.52. The summed E-state index contributed by atoms with van der Waals surface area (Å²) in [5, 5.41) is 7.95. The number of aromatic nitrogens is 3. The van der Waals surface area contributed by atoms with Gasteiger partial charge in [-0.1, -0.05) is 20.8 Å². The Kier molecular flexibility index (Phi) is 5.19. The highest BCUT2D eigenvalue weighted by Crippen LogP contribution is 2.39. The van der Waals surface area contributed by atoms with E-state index in [1.807, 2.05) is 11.7 Å². The van der Waals surface area contributed by atoms with Crippen LogP contribution in [0.2, 0.25) is 0 Å². The smallest absolute Gasteiger partial charge is 0.138 e. The number of rotatable bonds is 6. The maximum atomic E-state index is 4.40. The van der Waals surface area contributed by atoms with E-state index in [0.717, 1.165) is 24.7 Å². The molecule has 1 unspecified atom stereocenters. The third-order valence-corrected chi connectivity index (χ3v) is 4.82. The van der Waals surface area contributed by atoms with E-state index in [9.17, 15) is 0 Å². The second kappa shape index (κ2) is 6.70. The Hall–Kier alpha value is -0.900. The van der Waals surface area contributed by atoms with Gasteiger partial charge in [0.05, 0.1) is 0 Å². The van der Waals surface area contributed by atoms with E-state index in [2.05, 4.69) is 36.2 Å². The van der Waals surface area contributed by atoms with Gasteiger partial charge in [0.15, 0.2) is 0 Å². The third-order valence-electron chi connectivity index (χ3n) is 4.82. The zero-order valence-electron chi connectivity index (χ0n) is 13.5. The molecular formula is C16H30N4. The van der Waals surface area contributed by atoms with Crippen LogP contribution in [0.15, 0.2) is 6.33 Å². The number of nitrogens with one attached hydrogen (secondary N) is 1. The lowest BCUT2D eigenvalue weighted by Gasteiger charge is -2.38. The van der Waals surface area contributed by atoms with Crippen LogP contribution >= 0.6 is 0 Å². The Labute approximate surface area is 123 Å². The predicted octanol–water partition coefficient (Wildman–Crippen LogP) is 2.94. The maximum absolute atomic E-state index is 4.40. The highest BCUT2D eigenvalue weighted by Gasteiger charge is 2.31. The molecule has 114 valence electrons. The largest absolute Gasteiger partial charge is 0.313 e. The van der Waals surface area contributed by atoms with E-state index in [1.54, 1.807) is 6.33 Å². The van der Waals surface area contributed by atoms with Crippen molar-refractivity contribution in [3.05, 3.63) is 12.2 Å². The molecule has 2 rings (SSSR count). The molecule has 0 saturated heterocycles. The van der Waals surface area contributed by atoms with E-state index >= 15 is 0 Å². The van der Waals surface area contributed by atoms with Crippen molar-refractivity contribution >= 4 is 0 Å². The minimum Gasteiger partial charge on any atom is -0.313 e. The summed E-state index contributed by atoms with van der Waals surface area (Å²) in [5.74, 6) is 1.88. The first-order valence-corrected chi connectivity index (χ1v) is 8.08. The van der Waals surface area contributed by atoms with E-state index < -0.39 is 0 Å². The SMILES string of the molecule is CCCNC(Cc1ncnn1C)C1CCC(C)(C)CC1. The van der Waals surface area contributed by atoms with Crippen molar-refractivity contribution in [1.29, 1.82) is 0 Å². The van der Waals surface area contributed by atoms with Gasteiger partial charge in [0.2, 0.25) is 0 Å². The molecule has 20 heavy (non-hydrogen) atoms. The van der Waals surface area contributed by atoms with Crippen molar-refractivity contribution in [1.82, 2.24) is 20.1 Å². The molecule has 4 nitrogen and oxygen atoms in total. The van der Waals surface area contributed by atoms with E-state index in [1.165, 1.54) is 32.1 Å². The Morgan fingerprint density at radius 2 is 2.10 bits per heavy atom. The summed E-state index contributed by atoms with van der Waals surface area (Å²) in [4.78, 5) is 4.40. The lowest BCUT2D eigenvalue weighted by atomic mass is 9.70. The fraction of sp³-hybridized carbons (Fsp3) is 0.875. The molecule has 1 saturated carbocycles. The van der Waals surface area contributed by atoms with Gasteiger partial charge in [0, 0.05) is 19.5 Å². The van der Waals surface area contributed by atoms with Crippen LogP contribution in [0.5, 0.6) is 0 Å². The fourth-order valence-corrected chi connectivity index (χ4v) is 3.26. The average molecular weight is 278 g/mol. The van der Waals surface area contributed by atoms with E-state index in [0.29, 0.717) is 11.5 Å². The van der Waals surface area contributed by atoms with Gasteiger partial charge in [-0.15, -0.1) is 0 Å². The molecule has 0 amide bonds. The van der Waals surface area contributed by atoms with Gasteiger partial charge < -0.3 is 5.32 Å². The number of nitrogens with zero attached hydrogens (tertiary/aromatic N) is 3. The topological polar surface area (TPSA) is 42.7 Å². The molecule has 4 heteroatoms. The monoisotopic (exact) mass is 278 g/mol. The third kappa shape index (κ3) is 4.05. The molecule has 0 bridgehead atoms. The van der Waals surface area contributed by atoms with Crippen molar-refractivity contribution in [2.24, 2.45) is 18.4 Å². The molecule has 1 fully saturated rings. The molecule has 1 aliphatic carbocycles. The lowest BCUT2D eigenvalue weighted by molar-refractivity contribution is 0.159. The minimum absolute atomic E-state index is 0.538. The van der Waals surface area contributed by atoms with Crippen LogP contribution in [0, 0.1) is 11.3 Å². The fourth-order valence-electron chi connectivity index (χ4n) is 3.26. The Bertz CT molecular complexity index is 400. The van der Waals surface area contributed by atoms with Crippen molar-refractivity contribution in [3.63, 3.8) is 0 Å². The van der Waals surface area contributed by atoms with Crippen molar-refractivity contribution in [2.45, 2.75) is 65.3 Å². The van der Waals surface area contributed by atoms with Crippen LogP contribution in [0.25, 0.3) is 0 Å². The lowest BCUT2D eigenvalue weighted by Crippen LogP contribution is -2.41. The average Bonchev–Trinajstić information content (AvgIpc) is 2.80. The maximum Gasteiger partial charge on any atom is 0.138 e. The van der Waals surface area contributed by atoms with Crippen LogP contribution in [0.3, 0.4) is 0 Å². The quantitative estimate of drug-likeness (QED) is 0.870. The summed E-state index contributed by atoms with van der Waals surface area (Å²) in [5.41, 5.74) is 0.538. The molecule has 1 aliphatic rings. The second-order valence-electron chi connectivity index (χ2n) is 7.07. The van der Waals surface area contributed by atoms with Crippen molar-refractivity contribution in [2.75, 3.05) is 6.54 Å². The van der Waals surface area contributed by atoms with Crippen LogP contribution in [-0.4, -0.2) is 27.4 Å². The van der Waals surface area contributed by atoms with Crippen LogP contribution in [0.1, 0.15) is 58.7 Å². The molecule has 0 aromatic carbocycles. The van der Waals surface area contributed by atoms with Gasteiger partial charge in [-0.25, -0.2) is 4.98 Å². The molecule has 1 heterocycles. The van der Waals surface area contributed by atoms with Gasteiger partial charge >= 0.3 is 0 Å². The second-order valence-corrected chi connectivity index (χ2v) is 7.07. The summed E-state index contributed by atoms with van der Waals surface area (Å²) in [6, 6.07) is 0.550. The van der Waals surface area contributed by atoms with Crippen LogP contribution in [0.4, 0.5) is 0 Å². The number of hydrogen-bond donors (Lipinski definition) is 1. The van der Waals surface area contributed by atoms with Crippen molar-refractivity contribution in [3.8, 4) is 0 Å². The molecule has 1 atom stereocenters. The van der Waals surface area contributed by atoms with Crippen LogP contribution in [-0.2, 0) is 13.5 Å². The number of hydrogen-bond acceptors (Lipinski definition) is 3. The Morgan fingerprint density at radius 3 is 2.65 bits per heavy atom. The molecule has 0 aliphatic heterocycles. The summed E-state index contributed by atoms with van der Waals surface area (Å²) >= 11 is 0. The minimum atomic E-state index is 0.538. The summed E-state index contributed by atoms with van der Waals surface area (Å²) in [6.45, 7) is 8.14. The molecule has 0 radical (unpaired) electrons. The van der Waals surface area contributed by atoms with Crippen LogP contribution < -0.4 is 5.32 Å². The van der Waals surface area contributed by atoms with Gasteiger partial charge in [-0.3, -0.25) is 4.68 Å². The molecule has 1 N–H and O–H groups in total. The number of aryl methyl sites for hydroxylation is 1. The Balaban J connectivity index is 1.98. The van der Waals surface area contributed by atoms with Crippen molar-refractivity contribution < 1.29 is 0 Å². The zero-order valence-corrected chi connectivity index (χ0v) is 13.5. The molecular weight excluding hydrogens is 248 g/mol. The Morgan fingerprint density at radius 1 is 1.40 bits per heavy atom. The van der Waals surface area contributed by atoms with Gasteiger partial charge in [0.25, 0.3) is 0 Å². The normalized spacial score (nSPS) is 21.0. The first kappa shape index (κ1) is 15.5. The van der Waals surface area contributed by atoms with E-state index in [4.69, 9.17) is 0 Å². The standard InChI is InChI=1S/C16H30N4/c1-5-10-17-14(11-15-18-12-19-20(15)4)13-6-8-16(2,3)9-7-13/h12-14,17H,5-11H2,1-4H3. The highest BCUT2D eigenvalue weighted by atomic mass is 15.3. The summed E-state index contributed by atoms with van der Waals surface area (Å²) in [6.07, 6.45) is 9.23. The molecule has 1 aromatic heterocycles. The molecule has 1 aromatic rings. The predicted molar refractivity (Wildman–Crippen MR) is 82.5 cm³/mol. The molecule has 0 spiro atoms. The van der Waals surface area contributed by atoms with Gasteiger partial charge in [0.1, 0.15) is 12.2 Å². The summed E-state index contributed by atoms with van der Waals surface area (Å²) in [7, 11) is 1.99. The van der Waals surface area contributed by atoms with Gasteiger partial charge in [-0.05, 0) is 50.0 Å². The van der Waals surface area contributed by atoms with Gasteiger partial charge in [-0.2, -0.15) is 5.10 Å². The zero-order chi connectivity index (χ0) is 14.6. The summed E-state index contributed by atoms with van der Waals surface area (Å²) < 4.78 is 1.91.